The summed E-state index contributed by atoms with van der Waals surface area (Å²) >= 11 is 5.88. The number of benzene rings is 1. The topological polar surface area (TPSA) is 46.6 Å². The summed E-state index contributed by atoms with van der Waals surface area (Å²) in [6.45, 7) is 7.04. The molecule has 0 saturated heterocycles. The van der Waals surface area contributed by atoms with Crippen LogP contribution in [0.2, 0.25) is 0 Å². The Morgan fingerprint density at radius 1 is 1.33 bits per heavy atom. The number of nitrogens with zero attached hydrogens (tertiary/aromatic N) is 1. The van der Waals surface area contributed by atoms with Crippen LogP contribution in [0.5, 0.6) is 5.75 Å². The van der Waals surface area contributed by atoms with Gasteiger partial charge in [-0.1, -0.05) is 13.8 Å². The van der Waals surface area contributed by atoms with Gasteiger partial charge < -0.3 is 4.74 Å². The summed E-state index contributed by atoms with van der Waals surface area (Å²) < 4.78 is 31.9. The van der Waals surface area contributed by atoms with Crippen molar-refractivity contribution in [1.29, 1.82) is 0 Å². The summed E-state index contributed by atoms with van der Waals surface area (Å²) in [5, 5.41) is 0. The van der Waals surface area contributed by atoms with Crippen molar-refractivity contribution in [3.8, 4) is 5.75 Å². The van der Waals surface area contributed by atoms with Crippen molar-refractivity contribution in [3.63, 3.8) is 0 Å². The third kappa shape index (κ3) is 4.87. The summed E-state index contributed by atoms with van der Waals surface area (Å²) in [7, 11) is -1.87. The van der Waals surface area contributed by atoms with Gasteiger partial charge in [0.2, 0.25) is 10.0 Å². The van der Waals surface area contributed by atoms with Gasteiger partial charge in [0.15, 0.2) is 0 Å². The molecule has 120 valence electrons. The molecule has 6 heteroatoms. The first kappa shape index (κ1) is 18.3. The lowest BCUT2D eigenvalue weighted by molar-refractivity contribution is 0.337. The first-order valence-corrected chi connectivity index (χ1v) is 9.08. The van der Waals surface area contributed by atoms with Crippen molar-refractivity contribution >= 4 is 21.6 Å². The molecule has 0 heterocycles. The van der Waals surface area contributed by atoms with Gasteiger partial charge in [-0.25, -0.2) is 12.7 Å². The Kier molecular flexibility index (Phi) is 6.97. The molecule has 0 unspecified atom stereocenters. The van der Waals surface area contributed by atoms with E-state index in [2.05, 4.69) is 13.8 Å². The van der Waals surface area contributed by atoms with Gasteiger partial charge >= 0.3 is 0 Å². The highest BCUT2D eigenvalue weighted by Gasteiger charge is 2.22. The van der Waals surface area contributed by atoms with Crippen LogP contribution in [-0.2, 0) is 15.9 Å². The van der Waals surface area contributed by atoms with Crippen LogP contribution in [0.25, 0.3) is 0 Å². The molecule has 0 aromatic heterocycles. The molecular formula is C15H24ClNO3S. The Morgan fingerprint density at radius 2 is 2.00 bits per heavy atom. The standard InChI is InChI=1S/C15H24ClNO3S/c1-5-20-15-7-6-14(10-13(15)11-16)21(18,19)17(4)9-8-12(2)3/h6-7,10,12H,5,8-9,11H2,1-4H3. The number of halogens is 1. The van der Waals surface area contributed by atoms with E-state index in [-0.39, 0.29) is 10.8 Å². The molecule has 0 aliphatic rings. The van der Waals surface area contributed by atoms with E-state index in [0.29, 0.717) is 30.4 Å². The molecule has 0 aliphatic carbocycles. The van der Waals surface area contributed by atoms with Crippen LogP contribution in [0.1, 0.15) is 32.8 Å². The Balaban J connectivity index is 3.02. The molecular weight excluding hydrogens is 310 g/mol. The maximum absolute atomic E-state index is 12.5. The van der Waals surface area contributed by atoms with E-state index in [4.69, 9.17) is 16.3 Å². The molecule has 0 bridgehead atoms. The Bertz CT molecular complexity index is 558. The van der Waals surface area contributed by atoms with Gasteiger partial charge in [-0.2, -0.15) is 0 Å². The number of alkyl halides is 1. The summed E-state index contributed by atoms with van der Waals surface area (Å²) in [5.41, 5.74) is 0.692. The van der Waals surface area contributed by atoms with E-state index in [1.54, 1.807) is 25.2 Å². The molecule has 0 N–H and O–H groups in total. The Labute approximate surface area is 133 Å². The molecule has 0 atom stereocenters. The van der Waals surface area contributed by atoms with Gasteiger partial charge in [0.05, 0.1) is 17.4 Å². The van der Waals surface area contributed by atoms with E-state index >= 15 is 0 Å². The maximum atomic E-state index is 12.5. The quantitative estimate of drug-likeness (QED) is 0.684. The monoisotopic (exact) mass is 333 g/mol. The lowest BCUT2D eigenvalue weighted by atomic mass is 10.1. The van der Waals surface area contributed by atoms with Crippen LogP contribution in [0, 0.1) is 5.92 Å². The largest absolute Gasteiger partial charge is 0.494 e. The lowest BCUT2D eigenvalue weighted by Crippen LogP contribution is -2.28. The third-order valence-electron chi connectivity index (χ3n) is 3.21. The van der Waals surface area contributed by atoms with Crippen LogP contribution in [0.3, 0.4) is 0 Å². The SMILES string of the molecule is CCOc1ccc(S(=O)(=O)N(C)CCC(C)C)cc1CCl. The van der Waals surface area contributed by atoms with Crippen molar-refractivity contribution in [2.45, 2.75) is 38.0 Å². The minimum absolute atomic E-state index is 0.217. The molecule has 21 heavy (non-hydrogen) atoms. The zero-order valence-electron chi connectivity index (χ0n) is 13.1. The summed E-state index contributed by atoms with van der Waals surface area (Å²) in [4.78, 5) is 0.257. The Morgan fingerprint density at radius 3 is 2.52 bits per heavy atom. The van der Waals surface area contributed by atoms with Gasteiger partial charge in [0.25, 0.3) is 0 Å². The third-order valence-corrected chi connectivity index (χ3v) is 5.35. The fraction of sp³-hybridized carbons (Fsp3) is 0.600. The molecule has 0 saturated carbocycles. The molecule has 0 spiro atoms. The second kappa shape index (κ2) is 8.01. The van der Waals surface area contributed by atoms with Crippen molar-refractivity contribution in [3.05, 3.63) is 23.8 Å². The highest BCUT2D eigenvalue weighted by molar-refractivity contribution is 7.89. The van der Waals surface area contributed by atoms with Gasteiger partial charge in [-0.3, -0.25) is 0 Å². The Hall–Kier alpha value is -0.780. The highest BCUT2D eigenvalue weighted by atomic mass is 35.5. The summed E-state index contributed by atoms with van der Waals surface area (Å²) in [6, 6.07) is 4.84. The molecule has 1 aromatic rings. The van der Waals surface area contributed by atoms with Crippen LogP contribution in [0.4, 0.5) is 0 Å². The number of hydrogen-bond donors (Lipinski definition) is 0. The molecule has 0 aliphatic heterocycles. The fourth-order valence-electron chi connectivity index (χ4n) is 1.86. The van der Waals surface area contributed by atoms with E-state index in [1.165, 1.54) is 4.31 Å². The van der Waals surface area contributed by atoms with Crippen LogP contribution in [0.15, 0.2) is 23.1 Å². The summed E-state index contributed by atoms with van der Waals surface area (Å²) in [6.07, 6.45) is 0.828. The minimum Gasteiger partial charge on any atom is -0.494 e. The van der Waals surface area contributed by atoms with Crippen molar-refractivity contribution in [2.24, 2.45) is 5.92 Å². The normalized spacial score (nSPS) is 12.1. The zero-order valence-corrected chi connectivity index (χ0v) is 14.7. The van der Waals surface area contributed by atoms with Crippen molar-refractivity contribution in [2.75, 3.05) is 20.2 Å². The van der Waals surface area contributed by atoms with Gasteiger partial charge in [0.1, 0.15) is 5.75 Å². The molecule has 0 radical (unpaired) electrons. The number of rotatable bonds is 8. The van der Waals surface area contributed by atoms with E-state index in [0.717, 1.165) is 6.42 Å². The predicted molar refractivity (Wildman–Crippen MR) is 86.4 cm³/mol. The van der Waals surface area contributed by atoms with Gasteiger partial charge in [-0.05, 0) is 37.5 Å². The molecule has 0 amide bonds. The van der Waals surface area contributed by atoms with E-state index in [9.17, 15) is 8.42 Å². The second-order valence-corrected chi connectivity index (χ2v) is 7.66. The molecule has 4 nitrogen and oxygen atoms in total. The molecule has 0 fully saturated rings. The molecule has 1 rings (SSSR count). The highest BCUT2D eigenvalue weighted by Crippen LogP contribution is 2.26. The number of sulfonamides is 1. The number of ether oxygens (including phenoxy) is 1. The average Bonchev–Trinajstić information content (AvgIpc) is 2.45. The zero-order chi connectivity index (χ0) is 16.0. The second-order valence-electron chi connectivity index (χ2n) is 5.35. The van der Waals surface area contributed by atoms with Crippen molar-refractivity contribution in [1.82, 2.24) is 4.31 Å². The average molecular weight is 334 g/mol. The first-order chi connectivity index (χ1) is 9.82. The predicted octanol–water partition coefficient (Wildman–Crippen LogP) is 3.49. The van der Waals surface area contributed by atoms with Crippen LogP contribution < -0.4 is 4.74 Å². The minimum atomic E-state index is -3.48. The van der Waals surface area contributed by atoms with Crippen molar-refractivity contribution < 1.29 is 13.2 Å². The number of hydrogen-bond acceptors (Lipinski definition) is 3. The lowest BCUT2D eigenvalue weighted by Gasteiger charge is -2.19. The first-order valence-electron chi connectivity index (χ1n) is 7.11. The summed E-state index contributed by atoms with van der Waals surface area (Å²) in [5.74, 6) is 1.31. The van der Waals surface area contributed by atoms with Gasteiger partial charge in [0, 0.05) is 19.2 Å². The van der Waals surface area contributed by atoms with Gasteiger partial charge in [-0.15, -0.1) is 11.6 Å². The maximum Gasteiger partial charge on any atom is 0.242 e. The smallest absolute Gasteiger partial charge is 0.242 e. The molecule has 1 aromatic carbocycles. The fourth-order valence-corrected chi connectivity index (χ4v) is 3.30. The van der Waals surface area contributed by atoms with Crippen LogP contribution in [-0.4, -0.2) is 32.9 Å². The van der Waals surface area contributed by atoms with E-state index in [1.807, 2.05) is 6.92 Å². The van der Waals surface area contributed by atoms with Crippen LogP contribution >= 0.6 is 11.6 Å². The van der Waals surface area contributed by atoms with E-state index < -0.39 is 10.0 Å².